The van der Waals surface area contributed by atoms with Gasteiger partial charge >= 0.3 is 0 Å². The summed E-state index contributed by atoms with van der Waals surface area (Å²) in [5, 5.41) is 7.63. The predicted octanol–water partition coefficient (Wildman–Crippen LogP) is 2.25. The highest BCUT2D eigenvalue weighted by Gasteiger charge is 2.41. The molecule has 0 spiro atoms. The fourth-order valence-corrected chi connectivity index (χ4v) is 3.79. The van der Waals surface area contributed by atoms with Gasteiger partial charge in [0.2, 0.25) is 0 Å². The van der Waals surface area contributed by atoms with Gasteiger partial charge in [-0.05, 0) is 50.2 Å². The summed E-state index contributed by atoms with van der Waals surface area (Å²) in [6.07, 6.45) is 6.46. The number of guanidine groups is 1. The second kappa shape index (κ2) is 8.13. The van der Waals surface area contributed by atoms with Crippen molar-refractivity contribution in [2.45, 2.75) is 44.3 Å². The highest BCUT2D eigenvalue weighted by atomic mass is 32.2. The third-order valence-corrected chi connectivity index (χ3v) is 5.63. The van der Waals surface area contributed by atoms with E-state index in [0.29, 0.717) is 5.41 Å². The summed E-state index contributed by atoms with van der Waals surface area (Å²) in [7, 11) is 1.78. The molecule has 2 N–H and O–H groups in total. The molecule has 1 unspecified atom stereocenters. The second-order valence-electron chi connectivity index (χ2n) is 5.95. The smallest absolute Gasteiger partial charge is 0.191 e. The minimum Gasteiger partial charge on any atom is -0.385 e. The highest BCUT2D eigenvalue weighted by molar-refractivity contribution is 8.00. The molecule has 1 atom stereocenters. The number of nitrogens with zero attached hydrogens (tertiary/aromatic N) is 1. The van der Waals surface area contributed by atoms with Crippen LogP contribution in [0, 0.1) is 5.41 Å². The summed E-state index contributed by atoms with van der Waals surface area (Å²) >= 11 is 2.09. The third kappa shape index (κ3) is 5.17. The van der Waals surface area contributed by atoms with E-state index in [2.05, 4.69) is 29.3 Å². The SMILES string of the molecule is CCNC(=NCC1(CCOC)CC1)NCC1CCCS1. The van der Waals surface area contributed by atoms with Crippen molar-refractivity contribution < 1.29 is 4.74 Å². The predicted molar refractivity (Wildman–Crippen MR) is 87.6 cm³/mol. The van der Waals surface area contributed by atoms with Crippen LogP contribution in [0.2, 0.25) is 0 Å². The van der Waals surface area contributed by atoms with E-state index in [9.17, 15) is 0 Å². The number of hydrogen-bond donors (Lipinski definition) is 2. The van der Waals surface area contributed by atoms with E-state index in [4.69, 9.17) is 9.73 Å². The van der Waals surface area contributed by atoms with Gasteiger partial charge < -0.3 is 15.4 Å². The minimum atomic E-state index is 0.431. The Hall–Kier alpha value is -0.420. The van der Waals surface area contributed by atoms with E-state index >= 15 is 0 Å². The summed E-state index contributed by atoms with van der Waals surface area (Å²) in [4.78, 5) is 4.79. The fourth-order valence-electron chi connectivity index (χ4n) is 2.59. The molecule has 2 fully saturated rings. The Morgan fingerprint density at radius 1 is 1.40 bits per heavy atom. The molecule has 0 aromatic heterocycles. The first-order valence-electron chi connectivity index (χ1n) is 7.91. The molecule has 0 bridgehead atoms. The van der Waals surface area contributed by atoms with E-state index in [1.165, 1.54) is 31.4 Å². The first kappa shape index (κ1) is 16.0. The first-order chi connectivity index (χ1) is 9.78. The maximum atomic E-state index is 5.20. The van der Waals surface area contributed by atoms with E-state index in [1.54, 1.807) is 7.11 Å². The second-order valence-corrected chi connectivity index (χ2v) is 7.36. The van der Waals surface area contributed by atoms with Gasteiger partial charge in [-0.15, -0.1) is 0 Å². The van der Waals surface area contributed by atoms with Crippen molar-refractivity contribution in [3.63, 3.8) is 0 Å². The molecule has 1 heterocycles. The quantitative estimate of drug-likeness (QED) is 0.533. The van der Waals surface area contributed by atoms with Crippen LogP contribution in [-0.2, 0) is 4.74 Å². The zero-order valence-electron chi connectivity index (χ0n) is 12.9. The van der Waals surface area contributed by atoms with Gasteiger partial charge in [0.1, 0.15) is 0 Å². The maximum absolute atomic E-state index is 5.20. The van der Waals surface area contributed by atoms with Gasteiger partial charge in [0.05, 0.1) is 0 Å². The van der Waals surface area contributed by atoms with Gasteiger partial charge in [0, 0.05) is 38.6 Å². The molecule has 5 heteroatoms. The molecule has 1 aliphatic carbocycles. The Kier molecular flexibility index (Phi) is 6.49. The zero-order chi connectivity index (χ0) is 14.3. The van der Waals surface area contributed by atoms with Gasteiger partial charge in [-0.2, -0.15) is 11.8 Å². The number of rotatable bonds is 8. The lowest BCUT2D eigenvalue weighted by molar-refractivity contribution is 0.174. The molecule has 116 valence electrons. The molecule has 20 heavy (non-hydrogen) atoms. The summed E-state index contributed by atoms with van der Waals surface area (Å²) in [5.74, 6) is 2.31. The number of ether oxygens (including phenoxy) is 1. The molecule has 1 saturated carbocycles. The Bertz CT molecular complexity index is 312. The van der Waals surface area contributed by atoms with Crippen LogP contribution in [0.5, 0.6) is 0 Å². The molecule has 1 saturated heterocycles. The van der Waals surface area contributed by atoms with Crippen LogP contribution >= 0.6 is 11.8 Å². The molecule has 1 aliphatic heterocycles. The molecular formula is C15H29N3OS. The molecule has 0 aromatic carbocycles. The van der Waals surface area contributed by atoms with Crippen molar-refractivity contribution in [1.82, 2.24) is 10.6 Å². The lowest BCUT2D eigenvalue weighted by Gasteiger charge is -2.16. The molecule has 2 aliphatic rings. The normalized spacial score (nSPS) is 24.7. The van der Waals surface area contributed by atoms with Gasteiger partial charge in [0.25, 0.3) is 0 Å². The number of hydrogen-bond acceptors (Lipinski definition) is 3. The molecule has 0 aromatic rings. The van der Waals surface area contributed by atoms with Crippen molar-refractivity contribution in [2.24, 2.45) is 10.4 Å². The van der Waals surface area contributed by atoms with E-state index in [-0.39, 0.29) is 0 Å². The van der Waals surface area contributed by atoms with E-state index in [1.807, 2.05) is 0 Å². The summed E-state index contributed by atoms with van der Waals surface area (Å²) in [5.41, 5.74) is 0.431. The monoisotopic (exact) mass is 299 g/mol. The third-order valence-electron chi connectivity index (χ3n) is 4.23. The van der Waals surface area contributed by atoms with Crippen LogP contribution in [0.3, 0.4) is 0 Å². The van der Waals surface area contributed by atoms with Crippen LogP contribution in [0.15, 0.2) is 4.99 Å². The molecule has 0 amide bonds. The maximum Gasteiger partial charge on any atom is 0.191 e. The van der Waals surface area contributed by atoms with Gasteiger partial charge in [-0.3, -0.25) is 4.99 Å². The number of thioether (sulfide) groups is 1. The van der Waals surface area contributed by atoms with Crippen LogP contribution in [-0.4, -0.2) is 50.3 Å². The minimum absolute atomic E-state index is 0.431. The Labute approximate surface area is 127 Å². The van der Waals surface area contributed by atoms with Gasteiger partial charge in [-0.25, -0.2) is 0 Å². The lowest BCUT2D eigenvalue weighted by Crippen LogP contribution is -2.40. The van der Waals surface area contributed by atoms with E-state index in [0.717, 1.165) is 43.9 Å². The van der Waals surface area contributed by atoms with Crippen molar-refractivity contribution in [1.29, 1.82) is 0 Å². The highest BCUT2D eigenvalue weighted by Crippen LogP contribution is 2.48. The molecule has 4 nitrogen and oxygen atoms in total. The summed E-state index contributed by atoms with van der Waals surface area (Å²) in [6.45, 7) is 5.89. The van der Waals surface area contributed by atoms with Gasteiger partial charge in [0.15, 0.2) is 5.96 Å². The Balaban J connectivity index is 1.76. The average Bonchev–Trinajstić information content (AvgIpc) is 3.03. The van der Waals surface area contributed by atoms with Crippen molar-refractivity contribution >= 4 is 17.7 Å². The molecule has 0 radical (unpaired) electrons. The Morgan fingerprint density at radius 2 is 2.25 bits per heavy atom. The summed E-state index contributed by atoms with van der Waals surface area (Å²) < 4.78 is 5.20. The number of aliphatic imine (C=N–C) groups is 1. The Morgan fingerprint density at radius 3 is 2.85 bits per heavy atom. The molecular weight excluding hydrogens is 270 g/mol. The van der Waals surface area contributed by atoms with Crippen molar-refractivity contribution in [3.05, 3.63) is 0 Å². The standard InChI is InChI=1S/C15H29N3OS/c1-3-16-14(17-11-13-5-4-10-20-13)18-12-15(6-7-15)8-9-19-2/h13H,3-12H2,1-2H3,(H2,16,17,18). The van der Waals surface area contributed by atoms with Crippen LogP contribution < -0.4 is 10.6 Å². The molecule has 2 rings (SSSR count). The van der Waals surface area contributed by atoms with Crippen LogP contribution in [0.25, 0.3) is 0 Å². The average molecular weight is 299 g/mol. The van der Waals surface area contributed by atoms with Crippen molar-refractivity contribution in [2.75, 3.05) is 39.1 Å². The van der Waals surface area contributed by atoms with E-state index < -0.39 is 0 Å². The topological polar surface area (TPSA) is 45.7 Å². The summed E-state index contributed by atoms with van der Waals surface area (Å²) in [6, 6.07) is 0. The lowest BCUT2D eigenvalue weighted by atomic mass is 10.0. The first-order valence-corrected chi connectivity index (χ1v) is 8.95. The zero-order valence-corrected chi connectivity index (χ0v) is 13.7. The van der Waals surface area contributed by atoms with Gasteiger partial charge in [-0.1, -0.05) is 0 Å². The van der Waals surface area contributed by atoms with Crippen molar-refractivity contribution in [3.8, 4) is 0 Å². The number of nitrogens with one attached hydrogen (secondary N) is 2. The van der Waals surface area contributed by atoms with Crippen LogP contribution in [0.1, 0.15) is 39.0 Å². The number of methoxy groups -OCH3 is 1. The fraction of sp³-hybridized carbons (Fsp3) is 0.933. The largest absolute Gasteiger partial charge is 0.385 e. The van der Waals surface area contributed by atoms with Crippen LogP contribution in [0.4, 0.5) is 0 Å².